The third kappa shape index (κ3) is 4.46. The molecule has 12 rings (SSSR count). The van der Waals surface area contributed by atoms with E-state index in [0.717, 1.165) is 11.1 Å². The van der Waals surface area contributed by atoms with E-state index in [9.17, 15) is 9.60 Å². The van der Waals surface area contributed by atoms with Crippen molar-refractivity contribution in [2.45, 2.75) is 0 Å². The molecular formula is C51H30N4O. The van der Waals surface area contributed by atoms with Gasteiger partial charge in [-0.2, -0.15) is 0 Å². The Hall–Kier alpha value is -7.63. The Kier molecular flexibility index (Phi) is 4.30. The number of furan rings is 1. The van der Waals surface area contributed by atoms with Crippen LogP contribution in [0.4, 0.5) is 0 Å². The average molecular weight is 729 g/mol. The molecule has 0 aliphatic heterocycles. The SMILES string of the molecule is [2H]c1c([2H])c([2H])c(-n2c3c([2H])c([2H])c([2H])c4c5c([2H])c([2H])c([2H])c([2H])c5c5c([2H])c([2H])c(-c6cccc7c6oc6c(-c8nc(-c9ccccc9)nc(-c9ccccc9)n8)cccc67)c2c5c43)c([2H])c1[2H]. The van der Waals surface area contributed by atoms with Crippen LogP contribution in [0, 0.1) is 0 Å². The van der Waals surface area contributed by atoms with E-state index in [1.54, 1.807) is 12.1 Å². The molecule has 0 bridgehead atoms. The van der Waals surface area contributed by atoms with Crippen LogP contribution in [-0.4, -0.2) is 19.5 Å². The zero-order valence-corrected chi connectivity index (χ0v) is 28.9. The molecule has 0 fully saturated rings. The van der Waals surface area contributed by atoms with Gasteiger partial charge in [0.15, 0.2) is 17.5 Å². The smallest absolute Gasteiger partial charge is 0.167 e. The molecule has 0 atom stereocenters. The number of rotatable bonds is 5. The molecule has 56 heavy (non-hydrogen) atoms. The predicted molar refractivity (Wildman–Crippen MR) is 229 cm³/mol. The van der Waals surface area contributed by atoms with E-state index in [1.807, 2.05) is 84.9 Å². The van der Waals surface area contributed by atoms with Crippen molar-refractivity contribution in [2.75, 3.05) is 0 Å². The van der Waals surface area contributed by atoms with Gasteiger partial charge in [-0.15, -0.1) is 0 Å². The minimum Gasteiger partial charge on any atom is -0.455 e. The lowest BCUT2D eigenvalue weighted by Crippen LogP contribution is -2.00. The molecule has 0 saturated heterocycles. The van der Waals surface area contributed by atoms with E-state index in [4.69, 9.17) is 29.0 Å². The summed E-state index contributed by atoms with van der Waals surface area (Å²) in [4.78, 5) is 14.7. The Labute approximate surface area is 340 Å². The summed E-state index contributed by atoms with van der Waals surface area (Å²) in [5.74, 6) is 1.12. The summed E-state index contributed by atoms with van der Waals surface area (Å²) in [5, 5.41) is 0.418. The first-order chi connectivity index (χ1) is 33.6. The number of hydrogen-bond acceptors (Lipinski definition) is 4. The van der Waals surface area contributed by atoms with Crippen LogP contribution in [0.1, 0.15) is 19.2 Å². The van der Waals surface area contributed by atoms with E-state index in [-0.39, 0.29) is 60.1 Å². The van der Waals surface area contributed by atoms with Crippen LogP contribution in [0.3, 0.4) is 0 Å². The quantitative estimate of drug-likeness (QED) is 0.166. The maximum atomic E-state index is 9.96. The molecule has 260 valence electrons. The van der Waals surface area contributed by atoms with E-state index in [1.165, 1.54) is 4.57 Å². The molecule has 0 unspecified atom stereocenters. The molecule has 3 heterocycles. The Morgan fingerprint density at radius 2 is 0.982 bits per heavy atom. The van der Waals surface area contributed by atoms with Gasteiger partial charge in [-0.25, -0.2) is 15.0 Å². The second-order valence-electron chi connectivity index (χ2n) is 13.3. The lowest BCUT2D eigenvalue weighted by atomic mass is 9.91. The lowest BCUT2D eigenvalue weighted by Gasteiger charge is -2.13. The first-order valence-electron chi connectivity index (χ1n) is 24.7. The zero-order chi connectivity index (χ0) is 48.9. The summed E-state index contributed by atoms with van der Waals surface area (Å²) in [6.07, 6.45) is 0. The van der Waals surface area contributed by atoms with Gasteiger partial charge >= 0.3 is 0 Å². The van der Waals surface area contributed by atoms with Crippen LogP contribution in [0.2, 0.25) is 0 Å². The van der Waals surface area contributed by atoms with Gasteiger partial charge in [0.25, 0.3) is 0 Å². The molecule has 0 amide bonds. The summed E-state index contributed by atoms with van der Waals surface area (Å²) >= 11 is 0. The molecule has 0 aliphatic rings. The summed E-state index contributed by atoms with van der Waals surface area (Å²) in [5.41, 5.74) is 1.94. The number of hydrogen-bond donors (Lipinski definition) is 0. The average Bonchev–Trinajstić information content (AvgIpc) is 3.94. The second kappa shape index (κ2) is 11.9. The Morgan fingerprint density at radius 3 is 1.66 bits per heavy atom. The number of aromatic nitrogens is 4. The van der Waals surface area contributed by atoms with E-state index < -0.39 is 90.3 Å². The van der Waals surface area contributed by atoms with Crippen molar-refractivity contribution >= 4 is 65.3 Å². The van der Waals surface area contributed by atoms with Crippen molar-refractivity contribution in [3.63, 3.8) is 0 Å². The third-order valence-corrected chi connectivity index (χ3v) is 10.2. The van der Waals surface area contributed by atoms with Crippen molar-refractivity contribution in [3.8, 4) is 51.0 Å². The van der Waals surface area contributed by atoms with Gasteiger partial charge in [-0.05, 0) is 45.7 Å². The Morgan fingerprint density at radius 1 is 0.411 bits per heavy atom. The van der Waals surface area contributed by atoms with Crippen molar-refractivity contribution in [2.24, 2.45) is 0 Å². The van der Waals surface area contributed by atoms with Crippen LogP contribution in [0.25, 0.3) is 116 Å². The highest BCUT2D eigenvalue weighted by atomic mass is 16.3. The zero-order valence-electron chi connectivity index (χ0n) is 42.9. The van der Waals surface area contributed by atoms with Crippen LogP contribution in [0.15, 0.2) is 186 Å². The molecule has 12 aromatic rings. The van der Waals surface area contributed by atoms with Gasteiger partial charge in [-0.1, -0.05) is 157 Å². The van der Waals surface area contributed by atoms with Crippen LogP contribution in [0.5, 0.6) is 0 Å². The highest BCUT2D eigenvalue weighted by Gasteiger charge is 2.25. The fraction of sp³-hybridized carbons (Fsp3) is 0. The van der Waals surface area contributed by atoms with Gasteiger partial charge < -0.3 is 8.98 Å². The molecule has 3 aromatic heterocycles. The Balaban J connectivity index is 1.27. The van der Waals surface area contributed by atoms with E-state index in [2.05, 4.69) is 0 Å². The highest BCUT2D eigenvalue weighted by molar-refractivity contribution is 6.36. The number of benzene rings is 9. The summed E-state index contributed by atoms with van der Waals surface area (Å²) in [6.45, 7) is 0. The second-order valence-corrected chi connectivity index (χ2v) is 13.3. The van der Waals surface area contributed by atoms with E-state index in [0.29, 0.717) is 39.4 Å². The van der Waals surface area contributed by atoms with Crippen molar-refractivity contribution in [1.82, 2.24) is 19.5 Å². The topological polar surface area (TPSA) is 56.7 Å². The van der Waals surface area contributed by atoms with Crippen LogP contribution in [-0.2, 0) is 0 Å². The van der Waals surface area contributed by atoms with Gasteiger partial charge in [0, 0.05) is 49.5 Å². The maximum absolute atomic E-state index is 9.96. The summed E-state index contributed by atoms with van der Waals surface area (Å²) < 4.78 is 136. The predicted octanol–water partition coefficient (Wildman–Crippen LogP) is 13.3. The molecule has 0 spiro atoms. The molecule has 9 aromatic carbocycles. The first-order valence-corrected chi connectivity index (χ1v) is 17.7. The lowest BCUT2D eigenvalue weighted by molar-refractivity contribution is 0.670. The first kappa shape index (κ1) is 20.2. The molecule has 0 saturated carbocycles. The minimum absolute atomic E-state index is 0.0209. The highest BCUT2D eigenvalue weighted by Crippen LogP contribution is 2.48. The summed E-state index contributed by atoms with van der Waals surface area (Å²) in [7, 11) is 0. The van der Waals surface area contributed by atoms with Crippen molar-refractivity contribution in [1.29, 1.82) is 0 Å². The van der Waals surface area contributed by atoms with E-state index >= 15 is 0 Å². The fourth-order valence-electron chi connectivity index (χ4n) is 7.83. The normalized spacial score (nSPS) is 15.4. The number of nitrogens with zero attached hydrogens (tertiary/aromatic N) is 4. The third-order valence-electron chi connectivity index (χ3n) is 10.2. The van der Waals surface area contributed by atoms with Crippen molar-refractivity contribution in [3.05, 3.63) is 182 Å². The van der Waals surface area contributed by atoms with Crippen LogP contribution < -0.4 is 0 Å². The number of para-hydroxylation sites is 3. The minimum atomic E-state index is -0.722. The Bertz CT molecular complexity index is 4200. The molecule has 0 N–H and O–H groups in total. The summed E-state index contributed by atoms with van der Waals surface area (Å²) in [6, 6.07) is 20.7. The molecule has 0 radical (unpaired) electrons. The van der Waals surface area contributed by atoms with Crippen molar-refractivity contribution < 1.29 is 23.6 Å². The standard InChI is InChI=1S/C51H30N4O/c1-4-15-31(16-5-1)49-52-50(32-17-6-2-7-18-32)54-51(53-49)42-27-13-26-41-40-25-12-24-39(47(40)56-48(41)42)38-30-29-37-35-22-11-10-21-34(35)36-23-14-28-43-44(36)45(37)46(38)55(43)33-19-8-3-9-20-33/h1-30H/i3D,8D,9D,10D,11D,14D,19D,20D,21D,22D,23D,28D,29D,30D. The number of fused-ring (bicyclic) bond motifs is 6. The van der Waals surface area contributed by atoms with Gasteiger partial charge in [0.2, 0.25) is 0 Å². The van der Waals surface area contributed by atoms with Gasteiger partial charge in [-0.3, -0.25) is 0 Å². The monoisotopic (exact) mass is 728 g/mol. The molecular weight excluding hydrogens is 685 g/mol. The van der Waals surface area contributed by atoms with Crippen LogP contribution >= 0.6 is 0 Å². The largest absolute Gasteiger partial charge is 0.455 e. The van der Waals surface area contributed by atoms with Gasteiger partial charge in [0.1, 0.15) is 11.2 Å². The molecule has 5 heteroatoms. The fourth-order valence-corrected chi connectivity index (χ4v) is 7.83. The molecule has 5 nitrogen and oxygen atoms in total. The maximum Gasteiger partial charge on any atom is 0.167 e. The molecule has 0 aliphatic carbocycles. The van der Waals surface area contributed by atoms with Gasteiger partial charge in [0.05, 0.1) is 35.8 Å².